The van der Waals surface area contributed by atoms with Gasteiger partial charge in [0.15, 0.2) is 0 Å². The van der Waals surface area contributed by atoms with E-state index in [4.69, 9.17) is 0 Å². The molecule has 0 atom stereocenters. The number of carbonyl (C=O) groups excluding carboxylic acids is 2. The molecule has 0 unspecified atom stereocenters. The van der Waals surface area contributed by atoms with E-state index in [1.807, 2.05) is 59.7 Å². The van der Waals surface area contributed by atoms with Gasteiger partial charge in [-0.3, -0.25) is 9.59 Å². The van der Waals surface area contributed by atoms with Crippen LogP contribution in [-0.2, 0) is 22.7 Å². The van der Waals surface area contributed by atoms with E-state index in [0.29, 0.717) is 26.1 Å². The molecule has 0 aliphatic carbocycles. The molecule has 2 amide bonds. The lowest BCUT2D eigenvalue weighted by Gasteiger charge is -2.27. The van der Waals surface area contributed by atoms with Gasteiger partial charge in [-0.1, -0.05) is 56.7 Å². The highest BCUT2D eigenvalue weighted by Crippen LogP contribution is 2.15. The number of rotatable bonds is 11. The number of hydrogen-bond acceptors (Lipinski definition) is 3. The van der Waals surface area contributed by atoms with Crippen molar-refractivity contribution in [1.29, 1.82) is 0 Å². The number of benzene rings is 1. The minimum absolute atomic E-state index is 0.00723. The van der Waals surface area contributed by atoms with Crippen LogP contribution in [0.4, 0.5) is 0 Å². The van der Waals surface area contributed by atoms with Crippen molar-refractivity contribution in [2.24, 2.45) is 0 Å². The van der Waals surface area contributed by atoms with Crippen molar-refractivity contribution < 1.29 is 9.59 Å². The highest BCUT2D eigenvalue weighted by atomic mass is 32.1. The Bertz CT molecular complexity index is 686. The molecular weight excluding hydrogens is 356 g/mol. The first-order valence-corrected chi connectivity index (χ1v) is 10.6. The zero-order valence-corrected chi connectivity index (χ0v) is 17.2. The maximum atomic E-state index is 13.1. The lowest BCUT2D eigenvalue weighted by atomic mass is 10.2. The summed E-state index contributed by atoms with van der Waals surface area (Å²) < 4.78 is 0. The van der Waals surface area contributed by atoms with Crippen LogP contribution < -0.4 is 0 Å². The Morgan fingerprint density at radius 1 is 0.889 bits per heavy atom. The molecule has 2 rings (SSSR count). The Labute approximate surface area is 166 Å². The van der Waals surface area contributed by atoms with E-state index in [1.54, 1.807) is 16.2 Å². The van der Waals surface area contributed by atoms with Crippen molar-refractivity contribution in [2.45, 2.75) is 52.6 Å². The van der Waals surface area contributed by atoms with Crippen molar-refractivity contribution in [3.05, 3.63) is 58.3 Å². The van der Waals surface area contributed by atoms with E-state index >= 15 is 0 Å². The van der Waals surface area contributed by atoms with Crippen LogP contribution >= 0.6 is 11.3 Å². The number of nitrogens with zero attached hydrogens (tertiary/aromatic N) is 2. The van der Waals surface area contributed by atoms with Gasteiger partial charge in [0.25, 0.3) is 0 Å². The third-order valence-corrected chi connectivity index (χ3v) is 5.28. The van der Waals surface area contributed by atoms with Gasteiger partial charge in [0, 0.05) is 24.4 Å². The van der Waals surface area contributed by atoms with Gasteiger partial charge in [0.1, 0.15) is 0 Å². The Morgan fingerprint density at radius 3 is 2.30 bits per heavy atom. The van der Waals surface area contributed by atoms with E-state index < -0.39 is 0 Å². The van der Waals surface area contributed by atoms with Gasteiger partial charge in [0.05, 0.1) is 13.1 Å². The van der Waals surface area contributed by atoms with Gasteiger partial charge in [0.2, 0.25) is 11.8 Å². The molecule has 4 nitrogen and oxygen atoms in total. The summed E-state index contributed by atoms with van der Waals surface area (Å²) in [6, 6.07) is 14.1. The third-order valence-electron chi connectivity index (χ3n) is 4.42. The summed E-state index contributed by atoms with van der Waals surface area (Å²) >= 11 is 1.65. The van der Waals surface area contributed by atoms with Crippen LogP contribution in [0.15, 0.2) is 47.8 Å². The third kappa shape index (κ3) is 7.18. The standard InChI is InChI=1S/C22H30N2O2S/c1-3-5-14-23(21(25)10-4-2)18-22(26)24(17-20-13-9-15-27-20)16-19-11-7-6-8-12-19/h6-9,11-13,15H,3-5,10,14,16-18H2,1-2H3. The number of amides is 2. The summed E-state index contributed by atoms with van der Waals surface area (Å²) in [5, 5.41) is 2.03. The molecular formula is C22H30N2O2S. The van der Waals surface area contributed by atoms with Gasteiger partial charge in [-0.05, 0) is 29.9 Å². The Kier molecular flexibility index (Phi) is 9.05. The highest BCUT2D eigenvalue weighted by Gasteiger charge is 2.21. The molecule has 27 heavy (non-hydrogen) atoms. The van der Waals surface area contributed by atoms with Crippen LogP contribution in [0, 0.1) is 0 Å². The molecule has 0 aliphatic heterocycles. The average molecular weight is 387 g/mol. The van der Waals surface area contributed by atoms with E-state index in [1.165, 1.54) is 0 Å². The molecule has 0 saturated heterocycles. The lowest BCUT2D eigenvalue weighted by Crippen LogP contribution is -2.42. The van der Waals surface area contributed by atoms with Crippen LogP contribution in [0.25, 0.3) is 0 Å². The van der Waals surface area contributed by atoms with Crippen LogP contribution in [0.2, 0.25) is 0 Å². The van der Waals surface area contributed by atoms with E-state index in [9.17, 15) is 9.59 Å². The smallest absolute Gasteiger partial charge is 0.242 e. The number of unbranched alkanes of at least 4 members (excludes halogenated alkanes) is 1. The average Bonchev–Trinajstić information content (AvgIpc) is 3.18. The van der Waals surface area contributed by atoms with E-state index in [-0.39, 0.29) is 18.4 Å². The van der Waals surface area contributed by atoms with Crippen LogP contribution in [-0.4, -0.2) is 34.7 Å². The Hall–Kier alpha value is -2.14. The fraction of sp³-hybridized carbons (Fsp3) is 0.455. The van der Waals surface area contributed by atoms with Gasteiger partial charge < -0.3 is 9.80 Å². The molecule has 0 N–H and O–H groups in total. The van der Waals surface area contributed by atoms with Gasteiger partial charge >= 0.3 is 0 Å². The first-order valence-electron chi connectivity index (χ1n) is 9.75. The second kappa shape index (κ2) is 11.5. The van der Waals surface area contributed by atoms with E-state index in [0.717, 1.165) is 29.7 Å². The maximum Gasteiger partial charge on any atom is 0.242 e. The molecule has 0 bridgehead atoms. The molecule has 0 fully saturated rings. The van der Waals surface area contributed by atoms with Crippen LogP contribution in [0.5, 0.6) is 0 Å². The van der Waals surface area contributed by atoms with Crippen molar-refractivity contribution in [1.82, 2.24) is 9.80 Å². The first kappa shape index (κ1) is 21.2. The zero-order valence-electron chi connectivity index (χ0n) is 16.4. The SMILES string of the molecule is CCCCN(CC(=O)N(Cc1ccccc1)Cc1cccs1)C(=O)CCC. The summed E-state index contributed by atoms with van der Waals surface area (Å²) in [6.07, 6.45) is 3.23. The fourth-order valence-electron chi connectivity index (χ4n) is 2.90. The largest absolute Gasteiger partial charge is 0.333 e. The zero-order chi connectivity index (χ0) is 19.5. The number of carbonyl (C=O) groups is 2. The Morgan fingerprint density at radius 2 is 1.67 bits per heavy atom. The van der Waals surface area contributed by atoms with Crippen molar-refractivity contribution in [2.75, 3.05) is 13.1 Å². The van der Waals surface area contributed by atoms with Crippen molar-refractivity contribution >= 4 is 23.2 Å². The molecule has 1 aromatic carbocycles. The fourth-order valence-corrected chi connectivity index (χ4v) is 3.62. The summed E-state index contributed by atoms with van der Waals surface area (Å²) in [7, 11) is 0. The molecule has 0 spiro atoms. The number of thiophene rings is 1. The second-order valence-corrected chi connectivity index (χ2v) is 7.77. The normalized spacial score (nSPS) is 10.6. The summed E-state index contributed by atoms with van der Waals surface area (Å²) in [5.41, 5.74) is 1.10. The minimum atomic E-state index is 0.00723. The second-order valence-electron chi connectivity index (χ2n) is 6.73. The Balaban J connectivity index is 2.11. The van der Waals surface area contributed by atoms with Crippen LogP contribution in [0.1, 0.15) is 50.0 Å². The molecule has 0 saturated carbocycles. The number of hydrogen-bond donors (Lipinski definition) is 0. The maximum absolute atomic E-state index is 13.1. The monoisotopic (exact) mass is 386 g/mol. The van der Waals surface area contributed by atoms with Gasteiger partial charge in [-0.2, -0.15) is 0 Å². The minimum Gasteiger partial charge on any atom is -0.333 e. The lowest BCUT2D eigenvalue weighted by molar-refractivity contribution is -0.141. The molecule has 1 heterocycles. The summed E-state index contributed by atoms with van der Waals surface area (Å²) in [5.74, 6) is 0.0860. The molecule has 5 heteroatoms. The van der Waals surface area contributed by atoms with Crippen molar-refractivity contribution in [3.8, 4) is 0 Å². The van der Waals surface area contributed by atoms with E-state index in [2.05, 4.69) is 6.92 Å². The predicted molar refractivity (Wildman–Crippen MR) is 111 cm³/mol. The predicted octanol–water partition coefficient (Wildman–Crippen LogP) is 4.71. The summed E-state index contributed by atoms with van der Waals surface area (Å²) in [6.45, 7) is 6.05. The highest BCUT2D eigenvalue weighted by molar-refractivity contribution is 7.09. The topological polar surface area (TPSA) is 40.6 Å². The quantitative estimate of drug-likeness (QED) is 0.561. The molecule has 0 radical (unpaired) electrons. The molecule has 146 valence electrons. The van der Waals surface area contributed by atoms with Crippen molar-refractivity contribution in [3.63, 3.8) is 0 Å². The van der Waals surface area contributed by atoms with Gasteiger partial charge in [-0.15, -0.1) is 11.3 Å². The molecule has 2 aromatic rings. The van der Waals surface area contributed by atoms with Crippen LogP contribution in [0.3, 0.4) is 0 Å². The first-order chi connectivity index (χ1) is 13.1. The summed E-state index contributed by atoms with van der Waals surface area (Å²) in [4.78, 5) is 30.3. The van der Waals surface area contributed by atoms with Gasteiger partial charge in [-0.25, -0.2) is 0 Å². The molecule has 1 aromatic heterocycles. The molecule has 0 aliphatic rings.